The highest BCUT2D eigenvalue weighted by atomic mass is 32.1. The molecule has 0 amide bonds. The lowest BCUT2D eigenvalue weighted by Crippen LogP contribution is -2.23. The molecule has 0 radical (unpaired) electrons. The topological polar surface area (TPSA) is 26.3 Å². The van der Waals surface area contributed by atoms with E-state index in [0.717, 1.165) is 6.42 Å². The van der Waals surface area contributed by atoms with Crippen LogP contribution in [0, 0.1) is 6.92 Å². The fourth-order valence-corrected chi connectivity index (χ4v) is 2.18. The first kappa shape index (κ1) is 12.2. The molecular formula is C12H18O2S. The third-order valence-corrected chi connectivity index (χ3v) is 3.03. The van der Waals surface area contributed by atoms with Crippen molar-refractivity contribution in [3.05, 3.63) is 21.9 Å². The van der Waals surface area contributed by atoms with Crippen molar-refractivity contribution in [1.29, 1.82) is 0 Å². The molecule has 2 nitrogen and oxygen atoms in total. The van der Waals surface area contributed by atoms with Crippen molar-refractivity contribution in [3.8, 4) is 0 Å². The molecule has 0 aliphatic carbocycles. The van der Waals surface area contributed by atoms with Crippen LogP contribution in [0.4, 0.5) is 0 Å². The number of hydrogen-bond acceptors (Lipinski definition) is 3. The lowest BCUT2D eigenvalue weighted by atomic mass is 10.1. The highest BCUT2D eigenvalue weighted by molar-refractivity contribution is 7.10. The molecule has 0 aliphatic heterocycles. The van der Waals surface area contributed by atoms with Crippen LogP contribution in [0.3, 0.4) is 0 Å². The number of rotatable bonds is 3. The second-order valence-electron chi connectivity index (χ2n) is 4.61. The molecule has 0 spiro atoms. The molecule has 0 fully saturated rings. The van der Waals surface area contributed by atoms with E-state index in [1.54, 1.807) is 11.3 Å². The Morgan fingerprint density at radius 1 is 1.47 bits per heavy atom. The zero-order chi connectivity index (χ0) is 11.5. The van der Waals surface area contributed by atoms with Crippen molar-refractivity contribution in [1.82, 2.24) is 0 Å². The smallest absolute Gasteiger partial charge is 0.306 e. The highest BCUT2D eigenvalue weighted by Gasteiger charge is 2.16. The highest BCUT2D eigenvalue weighted by Crippen LogP contribution is 2.18. The predicted octanol–water partition coefficient (Wildman–Crippen LogP) is 3.33. The minimum atomic E-state index is -0.373. The largest absolute Gasteiger partial charge is 0.460 e. The maximum absolute atomic E-state index is 11.4. The van der Waals surface area contributed by atoms with Crippen molar-refractivity contribution in [2.24, 2.45) is 0 Å². The Kier molecular flexibility index (Phi) is 3.91. The average molecular weight is 226 g/mol. The maximum Gasteiger partial charge on any atom is 0.306 e. The summed E-state index contributed by atoms with van der Waals surface area (Å²) in [6, 6.07) is 2.08. The van der Waals surface area contributed by atoms with Gasteiger partial charge < -0.3 is 4.74 Å². The number of aryl methyl sites for hydroxylation is 2. The van der Waals surface area contributed by atoms with Gasteiger partial charge in [-0.1, -0.05) is 0 Å². The van der Waals surface area contributed by atoms with E-state index in [2.05, 4.69) is 18.4 Å². The van der Waals surface area contributed by atoms with Gasteiger partial charge in [0.1, 0.15) is 5.60 Å². The first-order chi connectivity index (χ1) is 6.88. The van der Waals surface area contributed by atoms with Crippen LogP contribution < -0.4 is 0 Å². The van der Waals surface area contributed by atoms with E-state index < -0.39 is 0 Å². The molecule has 0 aliphatic rings. The van der Waals surface area contributed by atoms with Gasteiger partial charge in [0.15, 0.2) is 0 Å². The molecule has 0 bridgehead atoms. The molecule has 0 N–H and O–H groups in total. The molecule has 0 atom stereocenters. The van der Waals surface area contributed by atoms with Crippen LogP contribution >= 0.6 is 11.3 Å². The Labute approximate surface area is 95.3 Å². The van der Waals surface area contributed by atoms with Crippen molar-refractivity contribution in [2.75, 3.05) is 0 Å². The quantitative estimate of drug-likeness (QED) is 0.739. The van der Waals surface area contributed by atoms with Crippen LogP contribution in [0.25, 0.3) is 0 Å². The van der Waals surface area contributed by atoms with Gasteiger partial charge in [-0.15, -0.1) is 11.3 Å². The standard InChI is InChI=1S/C12H18O2S/c1-9-7-8-15-10(9)5-6-11(13)14-12(2,3)4/h7-8H,5-6H2,1-4H3. The van der Waals surface area contributed by atoms with E-state index in [9.17, 15) is 4.79 Å². The Morgan fingerprint density at radius 3 is 2.60 bits per heavy atom. The third-order valence-electron chi connectivity index (χ3n) is 1.94. The summed E-state index contributed by atoms with van der Waals surface area (Å²) in [4.78, 5) is 12.7. The predicted molar refractivity (Wildman–Crippen MR) is 63.2 cm³/mol. The van der Waals surface area contributed by atoms with Crippen molar-refractivity contribution >= 4 is 17.3 Å². The molecule has 3 heteroatoms. The van der Waals surface area contributed by atoms with Gasteiger partial charge >= 0.3 is 5.97 Å². The summed E-state index contributed by atoms with van der Waals surface area (Å²) in [5.74, 6) is -0.115. The first-order valence-corrected chi connectivity index (χ1v) is 6.01. The van der Waals surface area contributed by atoms with Gasteiger partial charge in [0.25, 0.3) is 0 Å². The molecule has 0 aromatic carbocycles. The molecule has 15 heavy (non-hydrogen) atoms. The average Bonchev–Trinajstić information content (AvgIpc) is 2.44. The summed E-state index contributed by atoms with van der Waals surface area (Å²) in [5, 5.41) is 2.06. The Bertz CT molecular complexity index is 334. The molecule has 1 aromatic heterocycles. The number of carbonyl (C=O) groups excluding carboxylic acids is 1. The van der Waals surface area contributed by atoms with Gasteiger partial charge in [-0.05, 0) is 51.1 Å². The van der Waals surface area contributed by atoms with E-state index in [4.69, 9.17) is 4.74 Å². The molecular weight excluding hydrogens is 208 g/mol. The molecule has 0 unspecified atom stereocenters. The second-order valence-corrected chi connectivity index (χ2v) is 5.61. The zero-order valence-corrected chi connectivity index (χ0v) is 10.6. The van der Waals surface area contributed by atoms with Gasteiger partial charge in [0.05, 0.1) is 6.42 Å². The number of ether oxygens (including phenoxy) is 1. The number of carbonyl (C=O) groups is 1. The summed E-state index contributed by atoms with van der Waals surface area (Å²) in [5.41, 5.74) is 0.894. The van der Waals surface area contributed by atoms with Gasteiger partial charge in [-0.2, -0.15) is 0 Å². The molecule has 0 saturated carbocycles. The van der Waals surface area contributed by atoms with E-state index in [0.29, 0.717) is 6.42 Å². The van der Waals surface area contributed by atoms with Crippen LogP contribution in [-0.2, 0) is 16.0 Å². The Morgan fingerprint density at radius 2 is 2.13 bits per heavy atom. The number of hydrogen-bond donors (Lipinski definition) is 0. The van der Waals surface area contributed by atoms with E-state index >= 15 is 0 Å². The molecule has 84 valence electrons. The van der Waals surface area contributed by atoms with Crippen molar-refractivity contribution < 1.29 is 9.53 Å². The van der Waals surface area contributed by atoms with Crippen LogP contribution in [0.1, 0.15) is 37.6 Å². The van der Waals surface area contributed by atoms with E-state index in [1.165, 1.54) is 10.4 Å². The normalized spacial score (nSPS) is 11.5. The lowest BCUT2D eigenvalue weighted by molar-refractivity contribution is -0.154. The minimum absolute atomic E-state index is 0.115. The Hall–Kier alpha value is -0.830. The van der Waals surface area contributed by atoms with Crippen LogP contribution in [0.2, 0.25) is 0 Å². The van der Waals surface area contributed by atoms with Gasteiger partial charge in [-0.3, -0.25) is 4.79 Å². The summed E-state index contributed by atoms with van der Waals surface area (Å²) in [6.07, 6.45) is 1.26. The monoisotopic (exact) mass is 226 g/mol. The Balaban J connectivity index is 2.38. The molecule has 1 heterocycles. The fraction of sp³-hybridized carbons (Fsp3) is 0.583. The fourth-order valence-electron chi connectivity index (χ4n) is 1.27. The lowest BCUT2D eigenvalue weighted by Gasteiger charge is -2.19. The van der Waals surface area contributed by atoms with Crippen molar-refractivity contribution in [2.45, 2.75) is 46.1 Å². The summed E-state index contributed by atoms with van der Waals surface area (Å²) in [6.45, 7) is 7.74. The van der Waals surface area contributed by atoms with E-state index in [-0.39, 0.29) is 11.6 Å². The SMILES string of the molecule is Cc1ccsc1CCC(=O)OC(C)(C)C. The first-order valence-electron chi connectivity index (χ1n) is 5.13. The molecule has 1 aromatic rings. The maximum atomic E-state index is 11.4. The van der Waals surface area contributed by atoms with Crippen LogP contribution in [-0.4, -0.2) is 11.6 Å². The summed E-state index contributed by atoms with van der Waals surface area (Å²) in [7, 11) is 0. The summed E-state index contributed by atoms with van der Waals surface area (Å²) < 4.78 is 5.24. The molecule has 0 saturated heterocycles. The van der Waals surface area contributed by atoms with E-state index in [1.807, 2.05) is 20.8 Å². The number of esters is 1. The number of thiophene rings is 1. The van der Waals surface area contributed by atoms with Crippen LogP contribution in [0.5, 0.6) is 0 Å². The second kappa shape index (κ2) is 4.79. The third kappa shape index (κ3) is 4.47. The van der Waals surface area contributed by atoms with Gasteiger partial charge in [0.2, 0.25) is 0 Å². The van der Waals surface area contributed by atoms with Crippen molar-refractivity contribution in [3.63, 3.8) is 0 Å². The van der Waals surface area contributed by atoms with Gasteiger partial charge in [-0.25, -0.2) is 0 Å². The van der Waals surface area contributed by atoms with Gasteiger partial charge in [0, 0.05) is 4.88 Å². The minimum Gasteiger partial charge on any atom is -0.460 e. The van der Waals surface area contributed by atoms with Crippen LogP contribution in [0.15, 0.2) is 11.4 Å². The summed E-state index contributed by atoms with van der Waals surface area (Å²) >= 11 is 1.70. The molecule has 1 rings (SSSR count). The zero-order valence-electron chi connectivity index (χ0n) is 9.79.